The molecule has 176 valence electrons. The van der Waals surface area contributed by atoms with Gasteiger partial charge in [-0.1, -0.05) is 0 Å². The fourth-order valence-electron chi connectivity index (χ4n) is 3.48. The van der Waals surface area contributed by atoms with Crippen molar-refractivity contribution in [1.29, 1.82) is 0 Å². The number of piperazine rings is 1. The van der Waals surface area contributed by atoms with Crippen LogP contribution in [0.2, 0.25) is 0 Å². The maximum Gasteiger partial charge on any atom is 0.411 e. The van der Waals surface area contributed by atoms with Crippen LogP contribution in [-0.2, 0) is 4.74 Å². The van der Waals surface area contributed by atoms with Gasteiger partial charge in [0, 0.05) is 44.9 Å². The van der Waals surface area contributed by atoms with Crippen LogP contribution < -0.4 is 4.74 Å². The molecule has 1 aliphatic rings. The van der Waals surface area contributed by atoms with Crippen LogP contribution in [-0.4, -0.2) is 79.4 Å². The molecule has 1 aliphatic heterocycles. The van der Waals surface area contributed by atoms with Crippen LogP contribution in [0.1, 0.15) is 28.7 Å². The van der Waals surface area contributed by atoms with Crippen molar-refractivity contribution in [3.05, 3.63) is 34.8 Å². The zero-order chi connectivity index (χ0) is 23.1. The van der Waals surface area contributed by atoms with E-state index in [-0.39, 0.29) is 12.5 Å². The molecule has 2 aromatic rings. The fourth-order valence-corrected chi connectivity index (χ4v) is 4.51. The SMILES string of the molecule is CCOc1ccc(-c2nc(C)c(C(=O)N3CCN(CCCOCC(F)(F)F)CC3)s2)cc1. The Bertz CT molecular complexity index is 879. The fraction of sp³-hybridized carbons (Fsp3) is 0.545. The minimum Gasteiger partial charge on any atom is -0.494 e. The van der Waals surface area contributed by atoms with Gasteiger partial charge in [-0.15, -0.1) is 11.3 Å². The molecule has 10 heteroatoms. The van der Waals surface area contributed by atoms with E-state index in [0.717, 1.165) is 16.3 Å². The van der Waals surface area contributed by atoms with Gasteiger partial charge in [0.2, 0.25) is 0 Å². The number of aryl methyl sites for hydroxylation is 1. The van der Waals surface area contributed by atoms with Crippen molar-refractivity contribution in [1.82, 2.24) is 14.8 Å². The van der Waals surface area contributed by atoms with E-state index in [1.54, 1.807) is 0 Å². The largest absolute Gasteiger partial charge is 0.494 e. The van der Waals surface area contributed by atoms with Crippen LogP contribution >= 0.6 is 11.3 Å². The van der Waals surface area contributed by atoms with Crippen molar-refractivity contribution < 1.29 is 27.4 Å². The second kappa shape index (κ2) is 11.1. The van der Waals surface area contributed by atoms with E-state index in [1.807, 2.05) is 43.0 Å². The minimum absolute atomic E-state index is 0.0228. The van der Waals surface area contributed by atoms with Gasteiger partial charge in [-0.3, -0.25) is 9.69 Å². The van der Waals surface area contributed by atoms with Gasteiger partial charge < -0.3 is 14.4 Å². The third kappa shape index (κ3) is 6.91. The van der Waals surface area contributed by atoms with Crippen LogP contribution in [0.15, 0.2) is 24.3 Å². The van der Waals surface area contributed by atoms with Gasteiger partial charge in [-0.2, -0.15) is 13.2 Å². The van der Waals surface area contributed by atoms with Crippen molar-refractivity contribution >= 4 is 17.2 Å². The van der Waals surface area contributed by atoms with E-state index in [9.17, 15) is 18.0 Å². The molecule has 0 atom stereocenters. The number of aromatic nitrogens is 1. The summed E-state index contributed by atoms with van der Waals surface area (Å²) in [6.45, 7) is 6.45. The molecule has 1 aromatic heterocycles. The number of amides is 1. The number of nitrogens with zero attached hydrogens (tertiary/aromatic N) is 3. The van der Waals surface area contributed by atoms with E-state index < -0.39 is 12.8 Å². The number of hydrogen-bond donors (Lipinski definition) is 0. The summed E-state index contributed by atoms with van der Waals surface area (Å²) >= 11 is 1.39. The summed E-state index contributed by atoms with van der Waals surface area (Å²) < 4.78 is 46.4. The summed E-state index contributed by atoms with van der Waals surface area (Å²) in [5.74, 6) is 0.774. The second-order valence-corrected chi connectivity index (χ2v) is 8.55. The molecule has 1 fully saturated rings. The Morgan fingerprint density at radius 3 is 2.47 bits per heavy atom. The molecule has 1 amide bonds. The zero-order valence-corrected chi connectivity index (χ0v) is 19.1. The van der Waals surface area contributed by atoms with Gasteiger partial charge >= 0.3 is 6.18 Å². The maximum atomic E-state index is 13.0. The highest BCUT2D eigenvalue weighted by atomic mass is 32.1. The van der Waals surface area contributed by atoms with Crippen molar-refractivity contribution in [2.45, 2.75) is 26.4 Å². The lowest BCUT2D eigenvalue weighted by Crippen LogP contribution is -2.48. The quantitative estimate of drug-likeness (QED) is 0.512. The van der Waals surface area contributed by atoms with Crippen LogP contribution in [0, 0.1) is 6.92 Å². The molecular weight excluding hydrogens is 443 g/mol. The van der Waals surface area contributed by atoms with Gasteiger partial charge in [-0.25, -0.2) is 4.98 Å². The van der Waals surface area contributed by atoms with Gasteiger partial charge in [0.1, 0.15) is 22.2 Å². The zero-order valence-electron chi connectivity index (χ0n) is 18.3. The van der Waals surface area contributed by atoms with Crippen molar-refractivity contribution in [2.75, 3.05) is 52.5 Å². The summed E-state index contributed by atoms with van der Waals surface area (Å²) in [7, 11) is 0. The molecule has 0 bridgehead atoms. The van der Waals surface area contributed by atoms with Gasteiger partial charge in [0.15, 0.2) is 0 Å². The average molecular weight is 472 g/mol. The van der Waals surface area contributed by atoms with Crippen LogP contribution in [0.5, 0.6) is 5.75 Å². The predicted octanol–water partition coefficient (Wildman–Crippen LogP) is 4.24. The van der Waals surface area contributed by atoms with E-state index in [1.165, 1.54) is 11.3 Å². The summed E-state index contributed by atoms with van der Waals surface area (Å²) in [5, 5.41) is 0.798. The van der Waals surface area contributed by atoms with Gasteiger partial charge in [0.05, 0.1) is 12.3 Å². The van der Waals surface area contributed by atoms with E-state index in [4.69, 9.17) is 4.74 Å². The number of rotatable bonds is 9. The first-order valence-corrected chi connectivity index (χ1v) is 11.4. The molecule has 32 heavy (non-hydrogen) atoms. The van der Waals surface area contributed by atoms with E-state index in [0.29, 0.717) is 56.3 Å². The highest BCUT2D eigenvalue weighted by Gasteiger charge is 2.28. The molecule has 1 aromatic carbocycles. The third-order valence-corrected chi connectivity index (χ3v) is 6.29. The first-order chi connectivity index (χ1) is 15.3. The highest BCUT2D eigenvalue weighted by Crippen LogP contribution is 2.30. The van der Waals surface area contributed by atoms with E-state index in [2.05, 4.69) is 14.6 Å². The Morgan fingerprint density at radius 2 is 1.84 bits per heavy atom. The average Bonchev–Trinajstić information content (AvgIpc) is 3.15. The topological polar surface area (TPSA) is 54.9 Å². The van der Waals surface area contributed by atoms with Crippen LogP contribution in [0.3, 0.4) is 0 Å². The molecule has 3 rings (SSSR count). The van der Waals surface area contributed by atoms with Crippen molar-refractivity contribution in [3.8, 4) is 16.3 Å². The smallest absolute Gasteiger partial charge is 0.411 e. The monoisotopic (exact) mass is 471 g/mol. The number of alkyl halides is 3. The Balaban J connectivity index is 1.49. The second-order valence-electron chi connectivity index (χ2n) is 7.55. The van der Waals surface area contributed by atoms with Crippen LogP contribution in [0.4, 0.5) is 13.2 Å². The highest BCUT2D eigenvalue weighted by molar-refractivity contribution is 7.17. The molecule has 0 spiro atoms. The molecule has 0 unspecified atom stereocenters. The lowest BCUT2D eigenvalue weighted by atomic mass is 10.2. The molecular formula is C22H28F3N3O3S. The first kappa shape index (κ1) is 24.5. The number of halogens is 3. The number of carbonyl (C=O) groups is 1. The summed E-state index contributed by atoms with van der Waals surface area (Å²) in [6.07, 6.45) is -3.75. The molecule has 0 aliphatic carbocycles. The number of carbonyl (C=O) groups excluding carboxylic acids is 1. The number of hydrogen-bond acceptors (Lipinski definition) is 6. The lowest BCUT2D eigenvalue weighted by molar-refractivity contribution is -0.174. The van der Waals surface area contributed by atoms with Crippen molar-refractivity contribution in [2.24, 2.45) is 0 Å². The molecule has 1 saturated heterocycles. The van der Waals surface area contributed by atoms with Gasteiger partial charge in [-0.05, 0) is 44.5 Å². The first-order valence-electron chi connectivity index (χ1n) is 10.6. The van der Waals surface area contributed by atoms with Crippen LogP contribution in [0.25, 0.3) is 10.6 Å². The Labute approximate surface area is 189 Å². The predicted molar refractivity (Wildman–Crippen MR) is 117 cm³/mol. The number of benzene rings is 1. The Hall–Kier alpha value is -2.17. The standard InChI is InChI=1S/C22H28F3N3O3S/c1-3-31-18-7-5-17(6-8-18)20-26-16(2)19(32-20)21(29)28-12-10-27(11-13-28)9-4-14-30-15-22(23,24)25/h5-8H,3-4,9-15H2,1-2H3. The van der Waals surface area contributed by atoms with E-state index >= 15 is 0 Å². The van der Waals surface area contributed by atoms with Crippen molar-refractivity contribution in [3.63, 3.8) is 0 Å². The maximum absolute atomic E-state index is 13.0. The minimum atomic E-state index is -4.28. The third-order valence-electron chi connectivity index (χ3n) is 5.09. The Morgan fingerprint density at radius 1 is 1.16 bits per heavy atom. The molecule has 0 radical (unpaired) electrons. The van der Waals surface area contributed by atoms with Gasteiger partial charge in [0.25, 0.3) is 5.91 Å². The summed E-state index contributed by atoms with van der Waals surface area (Å²) in [4.78, 5) is 22.2. The normalized spacial score (nSPS) is 15.2. The lowest BCUT2D eigenvalue weighted by Gasteiger charge is -2.34. The number of thiazole rings is 1. The molecule has 0 saturated carbocycles. The summed E-state index contributed by atoms with van der Waals surface area (Å²) in [6, 6.07) is 7.67. The molecule has 6 nitrogen and oxygen atoms in total. The molecule has 0 N–H and O–H groups in total. The number of ether oxygens (including phenoxy) is 2. The summed E-state index contributed by atoms with van der Waals surface area (Å²) in [5.41, 5.74) is 1.66. The Kier molecular flexibility index (Phi) is 8.50. The molecule has 2 heterocycles.